The predicted molar refractivity (Wildman–Crippen MR) is 62.5 cm³/mol. The number of ether oxygens (including phenoxy) is 1. The lowest BCUT2D eigenvalue weighted by Crippen LogP contribution is -2.28. The molecule has 5 nitrogen and oxygen atoms in total. The second-order valence-electron chi connectivity index (χ2n) is 3.39. The van der Waals surface area contributed by atoms with Crippen molar-refractivity contribution in [3.05, 3.63) is 28.7 Å². The zero-order valence-electron chi connectivity index (χ0n) is 9.69. The van der Waals surface area contributed by atoms with Crippen LogP contribution in [-0.4, -0.2) is 36.1 Å². The molecule has 5 heteroatoms. The lowest BCUT2D eigenvalue weighted by molar-refractivity contribution is 0.144. The summed E-state index contributed by atoms with van der Waals surface area (Å²) in [4.78, 5) is 11.3. The number of hydrogen-bond acceptors (Lipinski definition) is 4. The third kappa shape index (κ3) is 5.04. The maximum Gasteiger partial charge on any atom is 0.266 e. The Morgan fingerprint density at radius 1 is 1.50 bits per heavy atom. The molecule has 0 unspecified atom stereocenters. The highest BCUT2D eigenvalue weighted by Gasteiger charge is 1.94. The standard InChI is InChI=1S/C11H19N3O2/c1-2-16-10-4-6-12-8-9-14-11(15)5-3-7-13-14/h3,5,7,12H,2,4,6,8-10H2,1H3. The first kappa shape index (κ1) is 12.9. The van der Waals surface area contributed by atoms with Crippen LogP contribution in [-0.2, 0) is 11.3 Å². The number of nitrogens with zero attached hydrogens (tertiary/aromatic N) is 2. The summed E-state index contributed by atoms with van der Waals surface area (Å²) in [5.74, 6) is 0. The van der Waals surface area contributed by atoms with E-state index in [1.54, 1.807) is 12.3 Å². The molecular formula is C11H19N3O2. The maximum atomic E-state index is 11.3. The molecule has 1 aromatic heterocycles. The van der Waals surface area contributed by atoms with E-state index in [9.17, 15) is 4.79 Å². The molecule has 1 aromatic rings. The van der Waals surface area contributed by atoms with E-state index >= 15 is 0 Å². The first-order chi connectivity index (χ1) is 7.84. The molecular weight excluding hydrogens is 206 g/mol. The van der Waals surface area contributed by atoms with Gasteiger partial charge in [0.1, 0.15) is 0 Å². The molecule has 0 aliphatic heterocycles. The summed E-state index contributed by atoms with van der Waals surface area (Å²) in [6.45, 7) is 5.80. The average Bonchev–Trinajstić information content (AvgIpc) is 2.30. The molecule has 0 bridgehead atoms. The first-order valence-corrected chi connectivity index (χ1v) is 5.65. The van der Waals surface area contributed by atoms with Crippen molar-refractivity contribution < 1.29 is 4.74 Å². The van der Waals surface area contributed by atoms with Crippen molar-refractivity contribution in [1.29, 1.82) is 0 Å². The maximum absolute atomic E-state index is 11.3. The second kappa shape index (κ2) is 8.01. The molecule has 0 fully saturated rings. The molecule has 0 atom stereocenters. The molecule has 0 aliphatic carbocycles. The van der Waals surface area contributed by atoms with Gasteiger partial charge in [0.05, 0.1) is 6.54 Å². The lowest BCUT2D eigenvalue weighted by Gasteiger charge is -2.05. The minimum absolute atomic E-state index is 0.0568. The van der Waals surface area contributed by atoms with Gasteiger partial charge in [-0.05, 0) is 26.0 Å². The van der Waals surface area contributed by atoms with Gasteiger partial charge < -0.3 is 10.1 Å². The number of aromatic nitrogens is 2. The van der Waals surface area contributed by atoms with Gasteiger partial charge in [0.15, 0.2) is 0 Å². The van der Waals surface area contributed by atoms with Crippen LogP contribution >= 0.6 is 0 Å². The molecule has 90 valence electrons. The molecule has 0 saturated carbocycles. The van der Waals surface area contributed by atoms with Crippen molar-refractivity contribution in [1.82, 2.24) is 15.1 Å². The molecule has 16 heavy (non-hydrogen) atoms. The van der Waals surface area contributed by atoms with Gasteiger partial charge in [-0.1, -0.05) is 0 Å². The van der Waals surface area contributed by atoms with E-state index in [-0.39, 0.29) is 5.56 Å². The Kier molecular flexibility index (Phi) is 6.44. The summed E-state index contributed by atoms with van der Waals surface area (Å²) in [5.41, 5.74) is -0.0568. The van der Waals surface area contributed by atoms with E-state index in [1.165, 1.54) is 10.7 Å². The minimum atomic E-state index is -0.0568. The highest BCUT2D eigenvalue weighted by molar-refractivity contribution is 4.84. The third-order valence-corrected chi connectivity index (χ3v) is 2.13. The highest BCUT2D eigenvalue weighted by atomic mass is 16.5. The summed E-state index contributed by atoms with van der Waals surface area (Å²) in [7, 11) is 0. The zero-order valence-corrected chi connectivity index (χ0v) is 9.69. The van der Waals surface area contributed by atoms with Crippen LogP contribution in [0, 0.1) is 0 Å². The van der Waals surface area contributed by atoms with Gasteiger partial charge in [0.2, 0.25) is 0 Å². The Labute approximate surface area is 95.4 Å². The summed E-state index contributed by atoms with van der Waals surface area (Å²) in [5, 5.41) is 7.21. The van der Waals surface area contributed by atoms with Crippen LogP contribution in [0.1, 0.15) is 13.3 Å². The third-order valence-electron chi connectivity index (χ3n) is 2.13. The molecule has 1 rings (SSSR count). The SMILES string of the molecule is CCOCCCNCCn1ncccc1=O. The predicted octanol–water partition coefficient (Wildman–Crippen LogP) is 0.259. The van der Waals surface area contributed by atoms with Gasteiger partial charge in [-0.15, -0.1) is 0 Å². The highest BCUT2D eigenvalue weighted by Crippen LogP contribution is 1.80. The summed E-state index contributed by atoms with van der Waals surface area (Å²) in [6.07, 6.45) is 2.61. The van der Waals surface area contributed by atoms with E-state index in [0.29, 0.717) is 6.54 Å². The Morgan fingerprint density at radius 2 is 2.38 bits per heavy atom. The fourth-order valence-corrected chi connectivity index (χ4v) is 1.31. The fraction of sp³-hybridized carbons (Fsp3) is 0.636. The van der Waals surface area contributed by atoms with Gasteiger partial charge in [-0.2, -0.15) is 5.10 Å². The quantitative estimate of drug-likeness (QED) is 0.645. The Bertz CT molecular complexity index is 338. The Hall–Kier alpha value is -1.20. The number of hydrogen-bond donors (Lipinski definition) is 1. The van der Waals surface area contributed by atoms with E-state index in [2.05, 4.69) is 10.4 Å². The molecule has 0 spiro atoms. The van der Waals surface area contributed by atoms with E-state index in [1.807, 2.05) is 6.92 Å². The van der Waals surface area contributed by atoms with Crippen molar-refractivity contribution in [2.45, 2.75) is 19.9 Å². The minimum Gasteiger partial charge on any atom is -0.382 e. The summed E-state index contributed by atoms with van der Waals surface area (Å²) >= 11 is 0. The van der Waals surface area contributed by atoms with Crippen LogP contribution in [0.15, 0.2) is 23.1 Å². The van der Waals surface area contributed by atoms with E-state index in [4.69, 9.17) is 4.74 Å². The summed E-state index contributed by atoms with van der Waals surface area (Å²) in [6, 6.07) is 3.16. The molecule has 0 radical (unpaired) electrons. The lowest BCUT2D eigenvalue weighted by atomic mass is 10.4. The second-order valence-corrected chi connectivity index (χ2v) is 3.39. The molecule has 1 heterocycles. The zero-order chi connectivity index (χ0) is 11.6. The Morgan fingerprint density at radius 3 is 3.12 bits per heavy atom. The molecule has 1 N–H and O–H groups in total. The van der Waals surface area contributed by atoms with Gasteiger partial charge in [-0.25, -0.2) is 4.68 Å². The number of rotatable bonds is 8. The van der Waals surface area contributed by atoms with Crippen LogP contribution in [0.5, 0.6) is 0 Å². The Balaban J connectivity index is 2.08. The number of nitrogens with one attached hydrogen (secondary N) is 1. The average molecular weight is 225 g/mol. The normalized spacial score (nSPS) is 10.6. The van der Waals surface area contributed by atoms with Gasteiger partial charge in [0, 0.05) is 32.0 Å². The van der Waals surface area contributed by atoms with Crippen molar-refractivity contribution in [2.75, 3.05) is 26.3 Å². The van der Waals surface area contributed by atoms with Crippen LogP contribution in [0.25, 0.3) is 0 Å². The van der Waals surface area contributed by atoms with Crippen LogP contribution in [0.2, 0.25) is 0 Å². The smallest absolute Gasteiger partial charge is 0.266 e. The van der Waals surface area contributed by atoms with Crippen LogP contribution in [0.4, 0.5) is 0 Å². The molecule has 0 aliphatic rings. The molecule has 0 aromatic carbocycles. The van der Waals surface area contributed by atoms with E-state index in [0.717, 1.165) is 32.7 Å². The van der Waals surface area contributed by atoms with Crippen molar-refractivity contribution in [3.63, 3.8) is 0 Å². The van der Waals surface area contributed by atoms with Gasteiger partial charge >= 0.3 is 0 Å². The van der Waals surface area contributed by atoms with E-state index < -0.39 is 0 Å². The fourth-order valence-electron chi connectivity index (χ4n) is 1.31. The van der Waals surface area contributed by atoms with Crippen molar-refractivity contribution >= 4 is 0 Å². The largest absolute Gasteiger partial charge is 0.382 e. The molecule has 0 saturated heterocycles. The van der Waals surface area contributed by atoms with Gasteiger partial charge in [-0.3, -0.25) is 4.79 Å². The molecule has 0 amide bonds. The first-order valence-electron chi connectivity index (χ1n) is 5.65. The van der Waals surface area contributed by atoms with Crippen LogP contribution in [0.3, 0.4) is 0 Å². The van der Waals surface area contributed by atoms with Crippen molar-refractivity contribution in [2.24, 2.45) is 0 Å². The monoisotopic (exact) mass is 225 g/mol. The summed E-state index contributed by atoms with van der Waals surface area (Å²) < 4.78 is 6.66. The van der Waals surface area contributed by atoms with Crippen LogP contribution < -0.4 is 10.9 Å². The van der Waals surface area contributed by atoms with Gasteiger partial charge in [0.25, 0.3) is 5.56 Å². The van der Waals surface area contributed by atoms with Crippen molar-refractivity contribution in [3.8, 4) is 0 Å². The topological polar surface area (TPSA) is 56.1 Å².